The third kappa shape index (κ3) is 2.65. The predicted octanol–water partition coefficient (Wildman–Crippen LogP) is 3.50. The predicted molar refractivity (Wildman–Crippen MR) is 78.4 cm³/mol. The Morgan fingerprint density at radius 2 is 2.32 bits per heavy atom. The van der Waals surface area contributed by atoms with E-state index in [0.717, 1.165) is 22.3 Å². The first kappa shape index (κ1) is 13.0. The van der Waals surface area contributed by atoms with E-state index < -0.39 is 0 Å². The van der Waals surface area contributed by atoms with Crippen molar-refractivity contribution < 1.29 is 5.11 Å². The monoisotopic (exact) mass is 276 g/mol. The van der Waals surface area contributed by atoms with E-state index in [1.54, 1.807) is 0 Å². The Morgan fingerprint density at radius 1 is 1.42 bits per heavy atom. The minimum atomic E-state index is 0.0514. The molecule has 2 heterocycles. The molecule has 0 bridgehead atoms. The highest BCUT2D eigenvalue weighted by atomic mass is 32.2. The maximum Gasteiger partial charge on any atom is 0.138 e. The Balaban J connectivity index is 1.87. The lowest BCUT2D eigenvalue weighted by atomic mass is 9.91. The first-order chi connectivity index (χ1) is 9.28. The summed E-state index contributed by atoms with van der Waals surface area (Å²) < 4.78 is 1.99. The second-order valence-electron chi connectivity index (χ2n) is 5.46. The molecule has 2 unspecified atom stereocenters. The van der Waals surface area contributed by atoms with Crippen LogP contribution in [-0.2, 0) is 6.61 Å². The van der Waals surface area contributed by atoms with E-state index in [-0.39, 0.29) is 6.61 Å². The van der Waals surface area contributed by atoms with Gasteiger partial charge in [0.05, 0.1) is 12.3 Å². The molecule has 102 valence electrons. The summed E-state index contributed by atoms with van der Waals surface area (Å²) >= 11 is 1.85. The number of aromatic nitrogens is 2. The van der Waals surface area contributed by atoms with E-state index in [1.165, 1.54) is 25.7 Å². The molecule has 0 amide bonds. The van der Waals surface area contributed by atoms with Gasteiger partial charge in [-0.15, -0.1) is 11.8 Å². The fourth-order valence-corrected chi connectivity index (χ4v) is 4.38. The Bertz CT molecular complexity index is 566. The van der Waals surface area contributed by atoms with Crippen LogP contribution in [0.3, 0.4) is 0 Å². The van der Waals surface area contributed by atoms with Crippen LogP contribution in [0, 0.1) is 5.92 Å². The average molecular weight is 276 g/mol. The maximum absolute atomic E-state index is 9.61. The molecule has 0 radical (unpaired) electrons. The first-order valence-electron chi connectivity index (χ1n) is 7.01. The van der Waals surface area contributed by atoms with E-state index in [4.69, 9.17) is 0 Å². The van der Waals surface area contributed by atoms with Crippen LogP contribution in [0.4, 0.5) is 0 Å². The van der Waals surface area contributed by atoms with Crippen LogP contribution in [0.1, 0.15) is 38.3 Å². The minimum Gasteiger partial charge on any atom is -0.390 e. The molecule has 1 aliphatic rings. The maximum atomic E-state index is 9.61. The highest BCUT2D eigenvalue weighted by Crippen LogP contribution is 2.37. The molecule has 1 saturated carbocycles. The number of imidazole rings is 1. The van der Waals surface area contributed by atoms with E-state index >= 15 is 0 Å². The van der Waals surface area contributed by atoms with Gasteiger partial charge in [-0.05, 0) is 30.9 Å². The van der Waals surface area contributed by atoms with Crippen molar-refractivity contribution in [3.05, 3.63) is 30.1 Å². The van der Waals surface area contributed by atoms with Crippen LogP contribution < -0.4 is 0 Å². The van der Waals surface area contributed by atoms with Crippen LogP contribution in [0.5, 0.6) is 0 Å². The number of aliphatic hydroxyl groups excluding tert-OH is 1. The number of fused-ring (bicyclic) bond motifs is 1. The van der Waals surface area contributed by atoms with Crippen molar-refractivity contribution >= 4 is 17.4 Å². The largest absolute Gasteiger partial charge is 0.390 e. The van der Waals surface area contributed by atoms with Gasteiger partial charge in [0.15, 0.2) is 0 Å². The standard InChI is InChI=1S/C15H20N2OS/c1-11-5-4-6-12(9-11)19-15-13(10-18)17-8-3-2-7-14(17)16-15/h2-3,7-8,11-12,18H,4-6,9-10H2,1H3. The van der Waals surface area contributed by atoms with Crippen molar-refractivity contribution in [3.63, 3.8) is 0 Å². The zero-order valence-corrected chi connectivity index (χ0v) is 12.1. The van der Waals surface area contributed by atoms with E-state index in [0.29, 0.717) is 5.25 Å². The second kappa shape index (κ2) is 5.55. The highest BCUT2D eigenvalue weighted by molar-refractivity contribution is 7.99. The molecule has 0 aliphatic heterocycles. The molecule has 19 heavy (non-hydrogen) atoms. The van der Waals surface area contributed by atoms with Crippen LogP contribution >= 0.6 is 11.8 Å². The van der Waals surface area contributed by atoms with Crippen LogP contribution in [-0.4, -0.2) is 19.7 Å². The number of thioether (sulfide) groups is 1. The second-order valence-corrected chi connectivity index (χ2v) is 6.75. The molecule has 1 aliphatic carbocycles. The van der Waals surface area contributed by atoms with E-state index in [2.05, 4.69) is 11.9 Å². The SMILES string of the molecule is CC1CCCC(Sc2nc3ccccn3c2CO)C1. The quantitative estimate of drug-likeness (QED) is 0.932. The lowest BCUT2D eigenvalue weighted by Crippen LogP contribution is -2.15. The number of aliphatic hydroxyl groups is 1. The number of pyridine rings is 1. The van der Waals surface area contributed by atoms with Gasteiger partial charge in [0, 0.05) is 11.4 Å². The Labute approximate surface area is 118 Å². The zero-order valence-electron chi connectivity index (χ0n) is 11.2. The Kier molecular flexibility index (Phi) is 3.80. The molecule has 2 atom stereocenters. The lowest BCUT2D eigenvalue weighted by molar-refractivity contribution is 0.272. The summed E-state index contributed by atoms with van der Waals surface area (Å²) in [5, 5.41) is 11.3. The van der Waals surface area contributed by atoms with Gasteiger partial charge >= 0.3 is 0 Å². The molecule has 4 heteroatoms. The lowest BCUT2D eigenvalue weighted by Gasteiger charge is -2.25. The van der Waals surface area contributed by atoms with Crippen molar-refractivity contribution in [2.45, 2.75) is 49.5 Å². The fraction of sp³-hybridized carbons (Fsp3) is 0.533. The van der Waals surface area contributed by atoms with Gasteiger partial charge in [0.1, 0.15) is 10.7 Å². The van der Waals surface area contributed by atoms with Gasteiger partial charge in [-0.1, -0.05) is 25.8 Å². The average Bonchev–Trinajstić information content (AvgIpc) is 2.75. The number of rotatable bonds is 3. The third-order valence-corrected chi connectivity index (χ3v) is 5.22. The molecule has 3 nitrogen and oxygen atoms in total. The van der Waals surface area contributed by atoms with E-state index in [1.807, 2.05) is 40.6 Å². The van der Waals surface area contributed by atoms with Gasteiger partial charge in [-0.2, -0.15) is 0 Å². The zero-order chi connectivity index (χ0) is 13.2. The van der Waals surface area contributed by atoms with Crippen molar-refractivity contribution in [1.29, 1.82) is 0 Å². The van der Waals surface area contributed by atoms with Crippen molar-refractivity contribution in [2.24, 2.45) is 5.92 Å². The van der Waals surface area contributed by atoms with Crippen LogP contribution in [0.15, 0.2) is 29.4 Å². The highest BCUT2D eigenvalue weighted by Gasteiger charge is 2.22. The summed E-state index contributed by atoms with van der Waals surface area (Å²) in [6, 6.07) is 5.96. The molecular weight excluding hydrogens is 256 g/mol. The molecule has 0 aromatic carbocycles. The van der Waals surface area contributed by atoms with Crippen molar-refractivity contribution in [1.82, 2.24) is 9.38 Å². The fourth-order valence-electron chi connectivity index (χ4n) is 2.91. The molecule has 3 rings (SSSR count). The van der Waals surface area contributed by atoms with Crippen molar-refractivity contribution in [2.75, 3.05) is 0 Å². The topological polar surface area (TPSA) is 37.5 Å². The third-order valence-electron chi connectivity index (χ3n) is 3.91. The molecule has 1 fully saturated rings. The summed E-state index contributed by atoms with van der Waals surface area (Å²) in [6.07, 6.45) is 7.19. The Morgan fingerprint density at radius 3 is 3.11 bits per heavy atom. The normalized spacial score (nSPS) is 23.9. The van der Waals surface area contributed by atoms with E-state index in [9.17, 15) is 5.11 Å². The molecule has 0 saturated heterocycles. The summed E-state index contributed by atoms with van der Waals surface area (Å²) in [6.45, 7) is 2.39. The molecular formula is C15H20N2OS. The van der Waals surface area contributed by atoms with Gasteiger partial charge < -0.3 is 9.51 Å². The van der Waals surface area contributed by atoms with Gasteiger partial charge in [0.2, 0.25) is 0 Å². The smallest absolute Gasteiger partial charge is 0.138 e. The van der Waals surface area contributed by atoms with Crippen LogP contribution in [0.2, 0.25) is 0 Å². The molecule has 0 spiro atoms. The summed E-state index contributed by atoms with van der Waals surface area (Å²) in [5.41, 5.74) is 1.86. The minimum absolute atomic E-state index is 0.0514. The number of hydrogen-bond acceptors (Lipinski definition) is 3. The van der Waals surface area contributed by atoms with Crippen LogP contribution in [0.25, 0.3) is 5.65 Å². The summed E-state index contributed by atoms with van der Waals surface area (Å²) in [7, 11) is 0. The first-order valence-corrected chi connectivity index (χ1v) is 7.89. The summed E-state index contributed by atoms with van der Waals surface area (Å²) in [5.74, 6) is 0.820. The van der Waals surface area contributed by atoms with Gasteiger partial charge in [-0.3, -0.25) is 0 Å². The molecule has 2 aromatic heterocycles. The van der Waals surface area contributed by atoms with Crippen molar-refractivity contribution in [3.8, 4) is 0 Å². The number of hydrogen-bond donors (Lipinski definition) is 1. The van der Waals surface area contributed by atoms with Gasteiger partial charge in [-0.25, -0.2) is 4.98 Å². The summed E-state index contributed by atoms with van der Waals surface area (Å²) in [4.78, 5) is 4.67. The molecule has 1 N–H and O–H groups in total. The van der Waals surface area contributed by atoms with Gasteiger partial charge in [0.25, 0.3) is 0 Å². The molecule has 2 aromatic rings. The Hall–Kier alpha value is -1.00. The number of nitrogens with zero attached hydrogens (tertiary/aromatic N) is 2.